The summed E-state index contributed by atoms with van der Waals surface area (Å²) >= 11 is 0. The average Bonchev–Trinajstić information content (AvgIpc) is 2.83. The summed E-state index contributed by atoms with van der Waals surface area (Å²) in [6, 6.07) is 12.7. The minimum Gasteiger partial charge on any atom is -0.490 e. The standard InChI is InChI=1S/C19H20N2O3/c1-12(2)21-18(22)14-5-3-4-6-15(14)19(21,23)13-7-8-17-16(11-13)20-9-10-24-17/h3-8,11-12,20,23H,9-10H2,1-2H3. The summed E-state index contributed by atoms with van der Waals surface area (Å²) in [4.78, 5) is 14.4. The first-order valence-corrected chi connectivity index (χ1v) is 8.20. The molecular formula is C19H20N2O3. The van der Waals surface area contributed by atoms with Crippen molar-refractivity contribution in [3.63, 3.8) is 0 Å². The fourth-order valence-corrected chi connectivity index (χ4v) is 3.64. The molecule has 1 unspecified atom stereocenters. The van der Waals surface area contributed by atoms with E-state index in [1.165, 1.54) is 0 Å². The summed E-state index contributed by atoms with van der Waals surface area (Å²) in [5.41, 5.74) is 1.20. The minimum absolute atomic E-state index is 0.143. The Hall–Kier alpha value is -2.53. The number of hydrogen-bond acceptors (Lipinski definition) is 4. The lowest BCUT2D eigenvalue weighted by molar-refractivity contribution is -0.0637. The number of aliphatic hydroxyl groups is 1. The van der Waals surface area contributed by atoms with Crippen LogP contribution in [-0.4, -0.2) is 35.1 Å². The van der Waals surface area contributed by atoms with Crippen molar-refractivity contribution in [3.8, 4) is 5.75 Å². The summed E-state index contributed by atoms with van der Waals surface area (Å²) in [6.07, 6.45) is 0. The van der Waals surface area contributed by atoms with Gasteiger partial charge in [-0.2, -0.15) is 0 Å². The molecule has 0 fully saturated rings. The number of nitrogens with one attached hydrogen (secondary N) is 1. The van der Waals surface area contributed by atoms with Crippen molar-refractivity contribution < 1.29 is 14.6 Å². The lowest BCUT2D eigenvalue weighted by atomic mass is 9.92. The van der Waals surface area contributed by atoms with Crippen molar-refractivity contribution in [3.05, 3.63) is 59.2 Å². The minimum atomic E-state index is -1.48. The number of hydrogen-bond donors (Lipinski definition) is 2. The Labute approximate surface area is 140 Å². The van der Waals surface area contributed by atoms with E-state index < -0.39 is 5.72 Å². The summed E-state index contributed by atoms with van der Waals surface area (Å²) < 4.78 is 5.61. The molecule has 124 valence electrons. The maximum absolute atomic E-state index is 12.8. The van der Waals surface area contributed by atoms with E-state index in [-0.39, 0.29) is 11.9 Å². The molecule has 24 heavy (non-hydrogen) atoms. The van der Waals surface area contributed by atoms with Gasteiger partial charge in [0, 0.05) is 29.3 Å². The lowest BCUT2D eigenvalue weighted by Gasteiger charge is -2.38. The van der Waals surface area contributed by atoms with E-state index in [1.54, 1.807) is 11.0 Å². The van der Waals surface area contributed by atoms with Crippen molar-refractivity contribution in [2.75, 3.05) is 18.5 Å². The maximum Gasteiger partial charge on any atom is 0.257 e. The van der Waals surface area contributed by atoms with Gasteiger partial charge in [0.2, 0.25) is 0 Å². The SMILES string of the molecule is CC(C)N1C(=O)c2ccccc2C1(O)c1ccc2c(c1)NCCO2. The Morgan fingerprint density at radius 3 is 2.83 bits per heavy atom. The molecule has 2 aromatic rings. The molecule has 0 aliphatic carbocycles. The summed E-state index contributed by atoms with van der Waals surface area (Å²) in [7, 11) is 0. The first kappa shape index (κ1) is 15.0. The number of carbonyl (C=O) groups excluding carboxylic acids is 1. The number of ether oxygens (including phenoxy) is 1. The van der Waals surface area contributed by atoms with Gasteiger partial charge in [-0.1, -0.05) is 24.3 Å². The van der Waals surface area contributed by atoms with Crippen LogP contribution in [0.25, 0.3) is 0 Å². The molecule has 0 saturated carbocycles. The molecule has 1 atom stereocenters. The fraction of sp³-hybridized carbons (Fsp3) is 0.316. The molecule has 0 saturated heterocycles. The van der Waals surface area contributed by atoms with Crippen molar-refractivity contribution >= 4 is 11.6 Å². The number of nitrogens with zero attached hydrogens (tertiary/aromatic N) is 1. The highest BCUT2D eigenvalue weighted by atomic mass is 16.5. The van der Waals surface area contributed by atoms with E-state index in [4.69, 9.17) is 4.74 Å². The van der Waals surface area contributed by atoms with E-state index >= 15 is 0 Å². The topological polar surface area (TPSA) is 61.8 Å². The van der Waals surface area contributed by atoms with Gasteiger partial charge in [-0.3, -0.25) is 9.69 Å². The van der Waals surface area contributed by atoms with Crippen LogP contribution >= 0.6 is 0 Å². The third-order valence-electron chi connectivity index (χ3n) is 4.67. The first-order chi connectivity index (χ1) is 11.5. The van der Waals surface area contributed by atoms with Crippen molar-refractivity contribution in [1.29, 1.82) is 0 Å². The number of amides is 1. The van der Waals surface area contributed by atoms with Crippen molar-refractivity contribution in [2.24, 2.45) is 0 Å². The second-order valence-corrected chi connectivity index (χ2v) is 6.47. The van der Waals surface area contributed by atoms with Crippen molar-refractivity contribution in [2.45, 2.75) is 25.6 Å². The van der Waals surface area contributed by atoms with Crippen LogP contribution in [0, 0.1) is 0 Å². The van der Waals surface area contributed by atoms with Gasteiger partial charge in [0.25, 0.3) is 5.91 Å². The van der Waals surface area contributed by atoms with Crippen molar-refractivity contribution in [1.82, 2.24) is 4.90 Å². The van der Waals surface area contributed by atoms with Gasteiger partial charge in [-0.15, -0.1) is 0 Å². The molecule has 1 amide bonds. The highest BCUT2D eigenvalue weighted by molar-refractivity contribution is 6.00. The number of rotatable bonds is 2. The number of fused-ring (bicyclic) bond motifs is 2. The zero-order valence-corrected chi connectivity index (χ0v) is 13.7. The number of anilines is 1. The predicted molar refractivity (Wildman–Crippen MR) is 91.2 cm³/mol. The molecule has 5 nitrogen and oxygen atoms in total. The highest BCUT2D eigenvalue weighted by Gasteiger charge is 2.50. The Bertz CT molecular complexity index is 818. The molecule has 5 heteroatoms. The van der Waals surface area contributed by atoms with Gasteiger partial charge < -0.3 is 15.2 Å². The normalized spacial score (nSPS) is 22.0. The van der Waals surface area contributed by atoms with Crippen LogP contribution in [0.5, 0.6) is 5.75 Å². The third kappa shape index (κ3) is 1.94. The first-order valence-electron chi connectivity index (χ1n) is 8.20. The molecule has 2 N–H and O–H groups in total. The van der Waals surface area contributed by atoms with Gasteiger partial charge in [-0.05, 0) is 32.0 Å². The quantitative estimate of drug-likeness (QED) is 0.891. The lowest BCUT2D eigenvalue weighted by Crippen LogP contribution is -2.48. The molecular weight excluding hydrogens is 304 g/mol. The molecule has 2 aliphatic heterocycles. The zero-order valence-electron chi connectivity index (χ0n) is 13.7. The largest absolute Gasteiger partial charge is 0.490 e. The fourth-order valence-electron chi connectivity index (χ4n) is 3.64. The van der Waals surface area contributed by atoms with Gasteiger partial charge in [0.15, 0.2) is 5.72 Å². The predicted octanol–water partition coefficient (Wildman–Crippen LogP) is 2.55. The van der Waals surface area contributed by atoms with Crippen LogP contribution in [0.1, 0.15) is 35.3 Å². The van der Waals surface area contributed by atoms with E-state index in [0.717, 1.165) is 18.0 Å². The molecule has 0 radical (unpaired) electrons. The van der Waals surface area contributed by atoms with Gasteiger partial charge in [-0.25, -0.2) is 0 Å². The van der Waals surface area contributed by atoms with E-state index in [9.17, 15) is 9.90 Å². The average molecular weight is 324 g/mol. The molecule has 2 aromatic carbocycles. The highest BCUT2D eigenvalue weighted by Crippen LogP contribution is 2.45. The summed E-state index contributed by atoms with van der Waals surface area (Å²) in [6.45, 7) is 5.16. The Morgan fingerprint density at radius 2 is 2.04 bits per heavy atom. The van der Waals surface area contributed by atoms with Crippen LogP contribution in [-0.2, 0) is 5.72 Å². The van der Waals surface area contributed by atoms with E-state index in [1.807, 2.05) is 50.2 Å². The molecule has 2 heterocycles. The molecule has 2 aliphatic rings. The van der Waals surface area contributed by atoms with Crippen LogP contribution < -0.4 is 10.1 Å². The Morgan fingerprint density at radius 1 is 1.25 bits per heavy atom. The van der Waals surface area contributed by atoms with Gasteiger partial charge in [0.05, 0.1) is 5.69 Å². The van der Waals surface area contributed by atoms with Gasteiger partial charge in [0.1, 0.15) is 12.4 Å². The maximum atomic E-state index is 12.8. The summed E-state index contributed by atoms with van der Waals surface area (Å²) in [5, 5.41) is 14.9. The van der Waals surface area contributed by atoms with Crippen LogP contribution in [0.15, 0.2) is 42.5 Å². The second kappa shape index (κ2) is 5.24. The van der Waals surface area contributed by atoms with Crippen LogP contribution in [0.3, 0.4) is 0 Å². The second-order valence-electron chi connectivity index (χ2n) is 6.47. The Balaban J connectivity index is 1.92. The smallest absolute Gasteiger partial charge is 0.257 e. The van der Waals surface area contributed by atoms with Gasteiger partial charge >= 0.3 is 0 Å². The summed E-state index contributed by atoms with van der Waals surface area (Å²) in [5.74, 6) is 0.618. The molecule has 0 spiro atoms. The third-order valence-corrected chi connectivity index (χ3v) is 4.67. The van der Waals surface area contributed by atoms with E-state index in [0.29, 0.717) is 23.3 Å². The zero-order chi connectivity index (χ0) is 16.9. The molecule has 0 bridgehead atoms. The molecule has 4 rings (SSSR count). The number of carbonyl (C=O) groups is 1. The molecule has 0 aromatic heterocycles. The van der Waals surface area contributed by atoms with Crippen LogP contribution in [0.2, 0.25) is 0 Å². The van der Waals surface area contributed by atoms with E-state index in [2.05, 4.69) is 5.32 Å². The number of benzene rings is 2. The monoisotopic (exact) mass is 324 g/mol. The van der Waals surface area contributed by atoms with Crippen LogP contribution in [0.4, 0.5) is 5.69 Å². The Kier molecular flexibility index (Phi) is 3.28.